The Kier molecular flexibility index (Phi) is 5.08. The predicted octanol–water partition coefficient (Wildman–Crippen LogP) is 2.18. The zero-order valence-corrected chi connectivity index (χ0v) is 18.7. The predicted molar refractivity (Wildman–Crippen MR) is 116 cm³/mol. The van der Waals surface area contributed by atoms with Crippen molar-refractivity contribution in [2.45, 2.75) is 49.9 Å². The van der Waals surface area contributed by atoms with Gasteiger partial charge in [0, 0.05) is 46.1 Å². The topological polar surface area (TPSA) is 91.5 Å². The van der Waals surface area contributed by atoms with E-state index in [1.54, 1.807) is 7.11 Å². The highest BCUT2D eigenvalue weighted by Crippen LogP contribution is 2.38. The van der Waals surface area contributed by atoms with Gasteiger partial charge in [0.2, 0.25) is 0 Å². The molecule has 1 aromatic heterocycles. The summed E-state index contributed by atoms with van der Waals surface area (Å²) in [6.07, 6.45) is 3.05. The number of likely N-dealkylation sites (tertiary alicyclic amines) is 1. The quantitative estimate of drug-likeness (QED) is 0.647. The van der Waals surface area contributed by atoms with Gasteiger partial charge in [-0.3, -0.25) is 0 Å². The van der Waals surface area contributed by atoms with Crippen LogP contribution in [0.25, 0.3) is 11.0 Å². The normalized spacial score (nSPS) is 27.4. The molecule has 0 radical (unpaired) electrons. The van der Waals surface area contributed by atoms with Crippen molar-refractivity contribution >= 4 is 17.1 Å². The first-order valence-electron chi connectivity index (χ1n) is 11.8. The van der Waals surface area contributed by atoms with E-state index in [4.69, 9.17) is 9.47 Å². The summed E-state index contributed by atoms with van der Waals surface area (Å²) in [5.41, 5.74) is 0.834. The molecule has 33 heavy (non-hydrogen) atoms. The van der Waals surface area contributed by atoms with Crippen molar-refractivity contribution in [3.63, 3.8) is 0 Å². The lowest BCUT2D eigenvalue weighted by Gasteiger charge is -2.38. The van der Waals surface area contributed by atoms with E-state index in [0.29, 0.717) is 49.3 Å². The third-order valence-electron chi connectivity index (χ3n) is 7.93. The van der Waals surface area contributed by atoms with Crippen LogP contribution in [0.15, 0.2) is 0 Å². The van der Waals surface area contributed by atoms with Gasteiger partial charge >= 0.3 is 6.09 Å². The summed E-state index contributed by atoms with van der Waals surface area (Å²) in [7, 11) is 1.66. The Hall–Kier alpha value is -2.30. The summed E-state index contributed by atoms with van der Waals surface area (Å²) in [5.74, 6) is -0.0427. The number of hydrogen-bond donors (Lipinski definition) is 3. The van der Waals surface area contributed by atoms with Gasteiger partial charge in [-0.2, -0.15) is 0 Å². The average Bonchev–Trinajstić information content (AvgIpc) is 3.59. The first-order valence-corrected chi connectivity index (χ1v) is 11.8. The number of nitrogens with one attached hydrogen (secondary N) is 3. The molecule has 1 unspecified atom stereocenters. The van der Waals surface area contributed by atoms with Crippen LogP contribution in [0.4, 0.5) is 13.6 Å². The molecule has 3 N–H and O–H groups in total. The van der Waals surface area contributed by atoms with Crippen molar-refractivity contribution < 1.29 is 23.0 Å². The molecule has 0 saturated carbocycles. The molecular formula is C23H29F2N5O3. The van der Waals surface area contributed by atoms with Crippen molar-refractivity contribution in [3.05, 3.63) is 28.6 Å². The van der Waals surface area contributed by atoms with Gasteiger partial charge in [-0.05, 0) is 36.3 Å². The monoisotopic (exact) mass is 461 g/mol. The fraction of sp³-hybridized carbons (Fsp3) is 0.652. The number of hydrogen-bond acceptors (Lipinski definition) is 6. The second kappa shape index (κ2) is 7.89. The number of rotatable bonds is 4. The molecular weight excluding hydrogens is 432 g/mol. The number of aromatic nitrogens is 2. The summed E-state index contributed by atoms with van der Waals surface area (Å²) >= 11 is 0. The van der Waals surface area contributed by atoms with Crippen molar-refractivity contribution in [2.75, 3.05) is 39.8 Å². The molecule has 178 valence electrons. The van der Waals surface area contributed by atoms with Crippen LogP contribution in [0.3, 0.4) is 0 Å². The zero-order chi connectivity index (χ0) is 22.7. The van der Waals surface area contributed by atoms with Gasteiger partial charge in [0.05, 0.1) is 18.7 Å². The number of methoxy groups -OCH3 is 1. The second-order valence-corrected chi connectivity index (χ2v) is 9.99. The third-order valence-corrected chi connectivity index (χ3v) is 7.93. The lowest BCUT2D eigenvalue weighted by atomic mass is 9.91. The molecule has 3 aliphatic heterocycles. The number of alkyl carbamates (subject to hydrolysis) is 1. The Labute approximate surface area is 190 Å². The van der Waals surface area contributed by atoms with Gasteiger partial charge < -0.3 is 30.0 Å². The Morgan fingerprint density at radius 1 is 1.21 bits per heavy atom. The largest absolute Gasteiger partial charge is 0.441 e. The molecule has 4 heterocycles. The highest BCUT2D eigenvalue weighted by molar-refractivity contribution is 5.79. The second-order valence-electron chi connectivity index (χ2n) is 9.99. The maximum absolute atomic E-state index is 15.4. The van der Waals surface area contributed by atoms with Gasteiger partial charge in [0.25, 0.3) is 0 Å². The zero-order valence-electron chi connectivity index (χ0n) is 18.7. The van der Waals surface area contributed by atoms with Crippen LogP contribution in [0, 0.1) is 17.6 Å². The highest BCUT2D eigenvalue weighted by atomic mass is 19.1. The minimum atomic E-state index is -0.394. The van der Waals surface area contributed by atoms with E-state index in [1.807, 2.05) is 0 Å². The van der Waals surface area contributed by atoms with E-state index in [1.165, 1.54) is 0 Å². The Bertz CT molecular complexity index is 1050. The van der Waals surface area contributed by atoms with E-state index < -0.39 is 5.82 Å². The molecule has 1 aromatic carbocycles. The SMILES string of the molecule is CO[C@@H]1CN[C@@H](c2nc3c(F)c4c(c(F)c3[nH]2)CC(CN2CCC3(CC2)CNC(=O)O3)C4)C1. The van der Waals surface area contributed by atoms with Gasteiger partial charge in [-0.25, -0.2) is 18.6 Å². The lowest BCUT2D eigenvalue weighted by Crippen LogP contribution is -2.47. The number of aromatic amines is 1. The molecule has 0 bridgehead atoms. The van der Waals surface area contributed by atoms with Crippen LogP contribution in [0.2, 0.25) is 0 Å². The summed E-state index contributed by atoms with van der Waals surface area (Å²) in [4.78, 5) is 21.2. The van der Waals surface area contributed by atoms with Crippen LogP contribution in [-0.2, 0) is 22.3 Å². The van der Waals surface area contributed by atoms with Gasteiger partial charge in [0.1, 0.15) is 22.5 Å². The summed E-state index contributed by atoms with van der Waals surface area (Å²) in [6.45, 7) is 3.67. The number of fused-ring (bicyclic) bond motifs is 2. The molecule has 3 saturated heterocycles. The van der Waals surface area contributed by atoms with E-state index >= 15 is 8.78 Å². The van der Waals surface area contributed by atoms with Crippen molar-refractivity contribution in [1.82, 2.24) is 25.5 Å². The van der Waals surface area contributed by atoms with Crippen LogP contribution < -0.4 is 10.6 Å². The van der Waals surface area contributed by atoms with Crippen LogP contribution >= 0.6 is 0 Å². The minimum absolute atomic E-state index is 0.0744. The molecule has 2 aromatic rings. The number of piperidine rings is 1. The van der Waals surface area contributed by atoms with Crippen molar-refractivity contribution in [1.29, 1.82) is 0 Å². The number of halogens is 2. The van der Waals surface area contributed by atoms with Gasteiger partial charge in [0.15, 0.2) is 11.6 Å². The number of carbonyl (C=O) groups is 1. The maximum Gasteiger partial charge on any atom is 0.407 e. The molecule has 3 atom stereocenters. The maximum atomic E-state index is 15.4. The van der Waals surface area contributed by atoms with Crippen LogP contribution in [-0.4, -0.2) is 72.5 Å². The van der Waals surface area contributed by atoms with E-state index in [9.17, 15) is 4.79 Å². The standard InChI is InChI=1S/C23H29F2N5O3/c1-32-13-8-16(26-9-13)21-28-19-17(24)14-6-12(7-15(14)18(25)20(19)29-21)10-30-4-2-23(3-5-30)11-27-22(31)33-23/h12-13,16,26H,2-11H2,1H3,(H,27,31)(H,28,29)/t13-,16+/m0/s1. The number of ether oxygens (including phenoxy) is 2. The first kappa shape index (κ1) is 21.2. The van der Waals surface area contributed by atoms with E-state index in [2.05, 4.69) is 25.5 Å². The van der Waals surface area contributed by atoms with E-state index in [0.717, 1.165) is 32.5 Å². The molecule has 10 heteroatoms. The molecule has 4 aliphatic rings. The third kappa shape index (κ3) is 3.59. The number of imidazole rings is 1. The fourth-order valence-corrected chi connectivity index (χ4v) is 6.02. The molecule has 1 spiro atoms. The molecule has 3 fully saturated rings. The number of nitrogens with zero attached hydrogens (tertiary/aromatic N) is 2. The lowest BCUT2D eigenvalue weighted by molar-refractivity contribution is -0.00216. The summed E-state index contributed by atoms with van der Waals surface area (Å²) in [5, 5.41) is 6.05. The summed E-state index contributed by atoms with van der Waals surface area (Å²) < 4.78 is 41.7. The number of amides is 1. The Morgan fingerprint density at radius 2 is 1.97 bits per heavy atom. The van der Waals surface area contributed by atoms with Crippen molar-refractivity contribution in [2.24, 2.45) is 5.92 Å². The van der Waals surface area contributed by atoms with Crippen LogP contribution in [0.5, 0.6) is 0 Å². The first-order chi connectivity index (χ1) is 15.9. The number of carbonyl (C=O) groups excluding carboxylic acids is 1. The highest BCUT2D eigenvalue weighted by Gasteiger charge is 2.43. The Morgan fingerprint density at radius 3 is 2.64 bits per heavy atom. The molecule has 1 amide bonds. The Balaban J connectivity index is 1.16. The minimum Gasteiger partial charge on any atom is -0.441 e. The molecule has 6 rings (SSSR count). The molecule has 8 nitrogen and oxygen atoms in total. The fourth-order valence-electron chi connectivity index (χ4n) is 6.02. The molecule has 1 aliphatic carbocycles. The number of benzene rings is 1. The number of H-pyrrole nitrogens is 1. The van der Waals surface area contributed by atoms with Crippen molar-refractivity contribution in [3.8, 4) is 0 Å². The average molecular weight is 462 g/mol. The smallest absolute Gasteiger partial charge is 0.407 e. The van der Waals surface area contributed by atoms with Gasteiger partial charge in [-0.15, -0.1) is 0 Å². The summed E-state index contributed by atoms with van der Waals surface area (Å²) in [6, 6.07) is -0.0968. The van der Waals surface area contributed by atoms with E-state index in [-0.39, 0.29) is 46.6 Å². The van der Waals surface area contributed by atoms with Gasteiger partial charge in [-0.1, -0.05) is 0 Å². The van der Waals surface area contributed by atoms with Crippen LogP contribution in [0.1, 0.15) is 42.3 Å².